The Labute approximate surface area is 256 Å². The van der Waals surface area contributed by atoms with Gasteiger partial charge in [0.15, 0.2) is 11.6 Å². The van der Waals surface area contributed by atoms with Crippen molar-refractivity contribution in [1.29, 1.82) is 0 Å². The van der Waals surface area contributed by atoms with E-state index in [1.165, 1.54) is 30.9 Å². The molecule has 0 radical (unpaired) electrons. The monoisotopic (exact) mass is 581 g/mol. The minimum Gasteiger partial charge on any atom is -0.291 e. The average Bonchev–Trinajstić information content (AvgIpc) is 3.65. The first-order valence-electron chi connectivity index (χ1n) is 14.5. The van der Waals surface area contributed by atoms with Crippen molar-refractivity contribution in [3.8, 4) is 39.9 Å². The van der Waals surface area contributed by atoms with Crippen molar-refractivity contribution in [3.05, 3.63) is 140 Å². The largest absolute Gasteiger partial charge is 0.291 e. The van der Waals surface area contributed by atoms with E-state index in [0.29, 0.717) is 11.5 Å². The Morgan fingerprint density at radius 1 is 0.500 bits per heavy atom. The number of thiophene rings is 1. The normalized spacial score (nSPS) is 11.6. The van der Waals surface area contributed by atoms with E-state index in [2.05, 4.69) is 89.5 Å². The van der Waals surface area contributed by atoms with Gasteiger partial charge >= 0.3 is 0 Å². The van der Waals surface area contributed by atoms with Gasteiger partial charge in [-0.1, -0.05) is 109 Å². The zero-order valence-electron chi connectivity index (χ0n) is 23.4. The average molecular weight is 582 g/mol. The second kappa shape index (κ2) is 9.93. The van der Waals surface area contributed by atoms with Gasteiger partial charge in [-0.15, -0.1) is 11.3 Å². The molecule has 9 rings (SSSR count). The van der Waals surface area contributed by atoms with E-state index in [4.69, 9.17) is 19.9 Å². The van der Waals surface area contributed by atoms with E-state index in [0.717, 1.165) is 39.4 Å². The molecule has 0 atom stereocenters. The van der Waals surface area contributed by atoms with Crippen LogP contribution in [0.5, 0.6) is 0 Å². The zero-order valence-corrected chi connectivity index (χ0v) is 24.2. The van der Waals surface area contributed by atoms with Crippen LogP contribution in [0.25, 0.3) is 81.8 Å². The van der Waals surface area contributed by atoms with Crippen LogP contribution in [-0.4, -0.2) is 24.5 Å². The van der Waals surface area contributed by atoms with Gasteiger partial charge in [-0.25, -0.2) is 19.9 Å². The van der Waals surface area contributed by atoms with Gasteiger partial charge in [0, 0.05) is 37.4 Å². The van der Waals surface area contributed by atoms with Gasteiger partial charge in [0.2, 0.25) is 0 Å². The minimum atomic E-state index is 0.540. The molecule has 0 aliphatic carbocycles. The molecular formula is C38H23N5S. The fourth-order valence-corrected chi connectivity index (χ4v) is 7.34. The lowest BCUT2D eigenvalue weighted by Gasteiger charge is -2.10. The number of nitrogens with zero attached hydrogens (tertiary/aromatic N) is 5. The molecule has 0 saturated carbocycles. The first-order chi connectivity index (χ1) is 21.8. The smallest absolute Gasteiger partial charge is 0.180 e. The molecule has 0 N–H and O–H groups in total. The molecule has 0 spiro atoms. The van der Waals surface area contributed by atoms with Crippen molar-refractivity contribution in [1.82, 2.24) is 24.5 Å². The van der Waals surface area contributed by atoms with Crippen molar-refractivity contribution in [2.24, 2.45) is 0 Å². The van der Waals surface area contributed by atoms with Crippen LogP contribution in [0.2, 0.25) is 0 Å². The molecule has 0 fully saturated rings. The molecule has 6 heteroatoms. The summed E-state index contributed by atoms with van der Waals surface area (Å²) >= 11 is 1.83. The van der Waals surface area contributed by atoms with Crippen molar-refractivity contribution in [3.63, 3.8) is 0 Å². The van der Waals surface area contributed by atoms with Gasteiger partial charge in [-0.2, -0.15) is 0 Å². The topological polar surface area (TPSA) is 56.5 Å². The number of aromatic nitrogens is 5. The van der Waals surface area contributed by atoms with E-state index in [1.54, 1.807) is 6.20 Å². The highest BCUT2D eigenvalue weighted by molar-refractivity contribution is 7.26. The van der Waals surface area contributed by atoms with E-state index >= 15 is 0 Å². The third-order valence-corrected chi connectivity index (χ3v) is 9.33. The Morgan fingerprint density at radius 2 is 1.14 bits per heavy atom. The molecule has 4 aromatic heterocycles. The highest BCUT2D eigenvalue weighted by Crippen LogP contribution is 2.42. The van der Waals surface area contributed by atoms with Crippen molar-refractivity contribution >= 4 is 53.3 Å². The molecule has 9 aromatic rings. The summed E-state index contributed by atoms with van der Waals surface area (Å²) in [7, 11) is 0. The first-order valence-corrected chi connectivity index (χ1v) is 15.3. The van der Waals surface area contributed by atoms with Crippen molar-refractivity contribution in [2.45, 2.75) is 0 Å². The fourth-order valence-electron chi connectivity index (χ4n) is 6.10. The maximum Gasteiger partial charge on any atom is 0.180 e. The second-order valence-corrected chi connectivity index (χ2v) is 11.8. The molecule has 4 heterocycles. The number of hydrogen-bond donors (Lipinski definition) is 0. The Hall–Kier alpha value is -5.72. The van der Waals surface area contributed by atoms with Gasteiger partial charge in [-0.3, -0.25) is 4.57 Å². The highest BCUT2D eigenvalue weighted by Gasteiger charge is 2.19. The Balaban J connectivity index is 1.24. The quantitative estimate of drug-likeness (QED) is 0.208. The van der Waals surface area contributed by atoms with Crippen LogP contribution in [0, 0.1) is 0 Å². The van der Waals surface area contributed by atoms with Crippen LogP contribution in [0.15, 0.2) is 140 Å². The summed E-state index contributed by atoms with van der Waals surface area (Å²) in [4.78, 5) is 19.8. The van der Waals surface area contributed by atoms with Gasteiger partial charge in [0.25, 0.3) is 0 Å². The lowest BCUT2D eigenvalue weighted by Crippen LogP contribution is -2.01. The third-order valence-electron chi connectivity index (χ3n) is 8.14. The first kappa shape index (κ1) is 24.8. The summed E-state index contributed by atoms with van der Waals surface area (Å²) < 4.78 is 4.77. The Kier molecular flexibility index (Phi) is 5.61. The summed E-state index contributed by atoms with van der Waals surface area (Å²) in [5, 5.41) is 4.93. The lowest BCUT2D eigenvalue weighted by molar-refractivity contribution is 1.03. The predicted octanol–water partition coefficient (Wildman–Crippen LogP) is 9.73. The Morgan fingerprint density at radius 3 is 1.84 bits per heavy atom. The molecule has 44 heavy (non-hydrogen) atoms. The molecular weight excluding hydrogens is 559 g/mol. The second-order valence-electron chi connectivity index (χ2n) is 10.7. The molecule has 0 amide bonds. The van der Waals surface area contributed by atoms with E-state index < -0.39 is 0 Å². The fraction of sp³-hybridized carbons (Fsp3) is 0. The summed E-state index contributed by atoms with van der Waals surface area (Å²) in [5.41, 5.74) is 6.61. The van der Waals surface area contributed by atoms with Gasteiger partial charge < -0.3 is 0 Å². The summed E-state index contributed by atoms with van der Waals surface area (Å²) in [6, 6.07) is 44.0. The van der Waals surface area contributed by atoms with E-state index in [9.17, 15) is 0 Å². The maximum absolute atomic E-state index is 4.99. The number of benzene rings is 5. The summed E-state index contributed by atoms with van der Waals surface area (Å²) in [5.74, 6) is 1.30. The molecule has 5 aromatic carbocycles. The van der Waals surface area contributed by atoms with E-state index in [1.807, 2.05) is 60.0 Å². The standard InChI is InChI=1S/C38H23N5S/c1-3-11-24(12-4-1)30-21-31(25-13-5-2-6-14-25)42-38(41-30)32-22-40-35(23-39-32)43-33-17-9-7-15-26(33)28-19-20-29-27-16-8-10-18-34(27)44-37(29)36(28)43/h1-23H. The lowest BCUT2D eigenvalue weighted by atomic mass is 10.1. The predicted molar refractivity (Wildman–Crippen MR) is 181 cm³/mol. The molecule has 206 valence electrons. The van der Waals surface area contributed by atoms with Gasteiger partial charge in [0.1, 0.15) is 5.69 Å². The highest BCUT2D eigenvalue weighted by atomic mass is 32.1. The number of fused-ring (bicyclic) bond motifs is 7. The van der Waals surface area contributed by atoms with Gasteiger partial charge in [0.05, 0.1) is 39.5 Å². The summed E-state index contributed by atoms with van der Waals surface area (Å²) in [6.45, 7) is 0. The van der Waals surface area contributed by atoms with Crippen LogP contribution in [0.3, 0.4) is 0 Å². The molecule has 0 aliphatic rings. The summed E-state index contributed by atoms with van der Waals surface area (Å²) in [6.07, 6.45) is 3.63. The molecule has 0 saturated heterocycles. The van der Waals surface area contributed by atoms with Crippen LogP contribution >= 0.6 is 11.3 Å². The van der Waals surface area contributed by atoms with Crippen LogP contribution in [0.1, 0.15) is 0 Å². The number of para-hydroxylation sites is 1. The number of rotatable bonds is 4. The Bertz CT molecular complexity index is 2420. The zero-order chi connectivity index (χ0) is 29.0. The molecule has 0 bridgehead atoms. The maximum atomic E-state index is 4.99. The molecule has 0 aliphatic heterocycles. The van der Waals surface area contributed by atoms with Crippen molar-refractivity contribution in [2.75, 3.05) is 0 Å². The van der Waals surface area contributed by atoms with E-state index in [-0.39, 0.29) is 0 Å². The minimum absolute atomic E-state index is 0.540. The van der Waals surface area contributed by atoms with Crippen LogP contribution < -0.4 is 0 Å². The molecule has 0 unspecified atom stereocenters. The molecule has 5 nitrogen and oxygen atoms in total. The van der Waals surface area contributed by atoms with Crippen LogP contribution in [0.4, 0.5) is 0 Å². The third kappa shape index (κ3) is 3.92. The van der Waals surface area contributed by atoms with Crippen molar-refractivity contribution < 1.29 is 0 Å². The number of hydrogen-bond acceptors (Lipinski definition) is 5. The van der Waals surface area contributed by atoms with Gasteiger partial charge in [-0.05, 0) is 18.2 Å². The SMILES string of the molecule is c1ccc(-c2cc(-c3ccccc3)nc(-c3cnc(-n4c5ccccc5c5ccc6c7ccccc7sc6c54)cn3)n2)cc1. The van der Waals surface area contributed by atoms with Crippen LogP contribution in [-0.2, 0) is 0 Å².